The van der Waals surface area contributed by atoms with E-state index in [0.29, 0.717) is 6.42 Å². The van der Waals surface area contributed by atoms with Crippen molar-refractivity contribution in [2.45, 2.75) is 25.3 Å². The maximum Gasteiger partial charge on any atom is 0.119 e. The third-order valence-corrected chi connectivity index (χ3v) is 3.32. The first-order valence-electron chi connectivity index (χ1n) is 4.37. The molecule has 0 unspecified atom stereocenters. The lowest BCUT2D eigenvalue weighted by molar-refractivity contribution is -0.427. The molecule has 1 aromatic rings. The van der Waals surface area contributed by atoms with Crippen LogP contribution in [0.25, 0.3) is 0 Å². The van der Waals surface area contributed by atoms with Crippen LogP contribution >= 0.6 is 22.9 Å². The van der Waals surface area contributed by atoms with Gasteiger partial charge in [-0.3, -0.25) is 0 Å². The van der Waals surface area contributed by atoms with Gasteiger partial charge < -0.3 is 15.6 Å². The van der Waals surface area contributed by atoms with Crippen molar-refractivity contribution in [2.75, 3.05) is 0 Å². The minimum atomic E-state index is -0.999. The first-order chi connectivity index (χ1) is 6.59. The summed E-state index contributed by atoms with van der Waals surface area (Å²) in [6.07, 6.45) is 1.46. The lowest BCUT2D eigenvalue weighted by atomic mass is 10.1. The summed E-state index contributed by atoms with van der Waals surface area (Å²) in [5, 5.41) is 10.2. The van der Waals surface area contributed by atoms with Crippen LogP contribution in [0, 0.1) is 0 Å². The second-order valence-electron chi connectivity index (χ2n) is 3.10. The van der Waals surface area contributed by atoms with Crippen LogP contribution < -0.4 is 10.8 Å². The highest BCUT2D eigenvalue weighted by Crippen LogP contribution is 2.27. The van der Waals surface area contributed by atoms with Crippen LogP contribution in [0.3, 0.4) is 0 Å². The van der Waals surface area contributed by atoms with Gasteiger partial charge in [-0.2, -0.15) is 0 Å². The Morgan fingerprint density at radius 1 is 1.64 bits per heavy atom. The molecule has 14 heavy (non-hydrogen) atoms. The number of thiophene rings is 1. The highest BCUT2D eigenvalue weighted by molar-refractivity contribution is 7.16. The highest BCUT2D eigenvalue weighted by atomic mass is 35.5. The second-order valence-corrected chi connectivity index (χ2v) is 4.85. The third-order valence-electron chi connectivity index (χ3n) is 1.93. The monoisotopic (exact) mass is 233 g/mol. The lowest BCUT2D eigenvalue weighted by Crippen LogP contribution is -2.53. The molecule has 5 heteroatoms. The molecule has 0 radical (unpaired) electrons. The van der Waals surface area contributed by atoms with Crippen LogP contribution in [-0.4, -0.2) is 5.97 Å². The number of carboxylic acids is 1. The lowest BCUT2D eigenvalue weighted by Gasteiger charge is -2.06. The van der Waals surface area contributed by atoms with Crippen LogP contribution in [0.15, 0.2) is 12.1 Å². The third kappa shape index (κ3) is 3.65. The van der Waals surface area contributed by atoms with Crippen molar-refractivity contribution in [1.29, 1.82) is 0 Å². The fourth-order valence-electron chi connectivity index (χ4n) is 1.18. The molecule has 0 fully saturated rings. The van der Waals surface area contributed by atoms with Gasteiger partial charge in [0.1, 0.15) is 6.04 Å². The summed E-state index contributed by atoms with van der Waals surface area (Å²) in [4.78, 5) is 11.3. The number of hydrogen-bond donors (Lipinski definition) is 1. The van der Waals surface area contributed by atoms with Gasteiger partial charge in [-0.05, 0) is 25.0 Å². The van der Waals surface area contributed by atoms with Crippen LogP contribution in [0.4, 0.5) is 0 Å². The smallest absolute Gasteiger partial charge is 0.119 e. The van der Waals surface area contributed by atoms with E-state index in [0.717, 1.165) is 15.6 Å². The molecular formula is C9H12ClNO2S. The summed E-state index contributed by atoms with van der Waals surface area (Å²) in [6.45, 7) is 0. The van der Waals surface area contributed by atoms with E-state index in [2.05, 4.69) is 5.73 Å². The molecule has 78 valence electrons. The molecule has 0 saturated carbocycles. The fourth-order valence-corrected chi connectivity index (χ4v) is 2.29. The van der Waals surface area contributed by atoms with E-state index in [4.69, 9.17) is 11.6 Å². The van der Waals surface area contributed by atoms with Gasteiger partial charge >= 0.3 is 0 Å². The molecule has 1 atom stereocenters. The van der Waals surface area contributed by atoms with Gasteiger partial charge in [0.25, 0.3) is 0 Å². The normalized spacial score (nSPS) is 12.7. The van der Waals surface area contributed by atoms with Crippen molar-refractivity contribution in [3.63, 3.8) is 0 Å². The summed E-state index contributed by atoms with van der Waals surface area (Å²) in [6, 6.07) is 3.90. The van der Waals surface area contributed by atoms with Gasteiger partial charge in [-0.1, -0.05) is 11.6 Å². The number of rotatable bonds is 5. The van der Waals surface area contributed by atoms with Crippen molar-refractivity contribution < 1.29 is 15.6 Å². The minimum absolute atomic E-state index is 0.102. The predicted molar refractivity (Wildman–Crippen MR) is 53.8 cm³/mol. The van der Waals surface area contributed by atoms with Crippen LogP contribution in [0.2, 0.25) is 4.34 Å². The number of carboxylic acid groups (broad SMARTS) is 1. The number of quaternary nitrogens is 1. The Kier molecular flexibility index (Phi) is 4.38. The maximum absolute atomic E-state index is 10.2. The molecule has 1 aromatic heterocycles. The summed E-state index contributed by atoms with van der Waals surface area (Å²) in [7, 11) is 0. The van der Waals surface area contributed by atoms with E-state index < -0.39 is 5.97 Å². The first-order valence-corrected chi connectivity index (χ1v) is 5.57. The minimum Gasteiger partial charge on any atom is -0.550 e. The van der Waals surface area contributed by atoms with Crippen molar-refractivity contribution >= 4 is 28.9 Å². The number of carbonyl (C=O) groups excluding carboxylic acids is 1. The molecule has 0 aliphatic heterocycles. The fraction of sp³-hybridized carbons (Fsp3) is 0.444. The molecule has 3 nitrogen and oxygen atoms in total. The van der Waals surface area contributed by atoms with E-state index in [1.165, 1.54) is 11.3 Å². The van der Waals surface area contributed by atoms with E-state index >= 15 is 0 Å². The zero-order valence-electron chi connectivity index (χ0n) is 7.66. The Morgan fingerprint density at radius 2 is 2.36 bits per heavy atom. The molecule has 0 aliphatic rings. The summed E-state index contributed by atoms with van der Waals surface area (Å²) >= 11 is 7.27. The Balaban J connectivity index is 2.35. The number of halogens is 1. The van der Waals surface area contributed by atoms with E-state index in [-0.39, 0.29) is 12.5 Å². The Labute approximate surface area is 91.5 Å². The van der Waals surface area contributed by atoms with Crippen molar-refractivity contribution in [3.05, 3.63) is 21.3 Å². The average Bonchev–Trinajstić information content (AvgIpc) is 2.51. The average molecular weight is 234 g/mol. The summed E-state index contributed by atoms with van der Waals surface area (Å²) in [5.74, 6) is -0.999. The molecule has 0 aromatic carbocycles. The van der Waals surface area contributed by atoms with Crippen LogP contribution in [0.5, 0.6) is 0 Å². The Bertz CT molecular complexity index is 314. The molecule has 0 saturated heterocycles. The van der Waals surface area contributed by atoms with Gasteiger partial charge in [0.05, 0.1) is 9.21 Å². The Morgan fingerprint density at radius 3 is 2.86 bits per heavy atom. The zero-order valence-corrected chi connectivity index (χ0v) is 9.24. The number of carbonyl (C=O) groups is 1. The number of aliphatic carboxylic acids is 1. The summed E-state index contributed by atoms with van der Waals surface area (Å²) < 4.78 is 0.744. The van der Waals surface area contributed by atoms with Crippen molar-refractivity contribution in [1.82, 2.24) is 0 Å². The largest absolute Gasteiger partial charge is 0.550 e. The molecular weight excluding hydrogens is 222 g/mol. The SMILES string of the molecule is [NH3+][C@@H](CCCC(=O)[O-])c1ccc(Cl)s1. The molecule has 0 bridgehead atoms. The quantitative estimate of drug-likeness (QED) is 0.810. The number of hydrogen-bond acceptors (Lipinski definition) is 3. The van der Waals surface area contributed by atoms with Crippen molar-refractivity contribution in [3.8, 4) is 0 Å². The molecule has 0 amide bonds. The predicted octanol–water partition coefficient (Wildman–Crippen LogP) is 0.605. The van der Waals surface area contributed by atoms with E-state index in [9.17, 15) is 9.90 Å². The molecule has 0 aliphatic carbocycles. The van der Waals surface area contributed by atoms with Gasteiger partial charge in [0, 0.05) is 12.4 Å². The van der Waals surface area contributed by atoms with Gasteiger partial charge in [-0.25, -0.2) is 0 Å². The van der Waals surface area contributed by atoms with Gasteiger partial charge in [0.2, 0.25) is 0 Å². The Hall–Kier alpha value is -0.580. The molecule has 1 rings (SSSR count). The zero-order chi connectivity index (χ0) is 10.6. The first kappa shape index (κ1) is 11.5. The standard InChI is InChI=1S/C9H12ClNO2S/c10-8-5-4-7(14-8)6(11)2-1-3-9(12)13/h4-6H,1-3,11H2,(H,12,13)/t6-/m0/s1. The van der Waals surface area contributed by atoms with E-state index in [1.54, 1.807) is 0 Å². The van der Waals surface area contributed by atoms with Gasteiger partial charge in [0.15, 0.2) is 0 Å². The van der Waals surface area contributed by atoms with Crippen LogP contribution in [-0.2, 0) is 4.79 Å². The highest BCUT2D eigenvalue weighted by Gasteiger charge is 2.11. The van der Waals surface area contributed by atoms with Gasteiger partial charge in [-0.15, -0.1) is 11.3 Å². The maximum atomic E-state index is 10.2. The molecule has 0 spiro atoms. The van der Waals surface area contributed by atoms with Crippen molar-refractivity contribution in [2.24, 2.45) is 0 Å². The molecule has 1 heterocycles. The van der Waals surface area contributed by atoms with Crippen LogP contribution in [0.1, 0.15) is 30.2 Å². The molecule has 3 N–H and O–H groups in total. The topological polar surface area (TPSA) is 67.8 Å². The second kappa shape index (κ2) is 5.34. The summed E-state index contributed by atoms with van der Waals surface area (Å²) in [5.41, 5.74) is 3.96. The van der Waals surface area contributed by atoms with E-state index in [1.807, 2.05) is 12.1 Å².